The van der Waals surface area contributed by atoms with Gasteiger partial charge in [0.25, 0.3) is 5.91 Å². The molecule has 0 aliphatic heterocycles. The molecule has 0 saturated carbocycles. The lowest BCUT2D eigenvalue weighted by molar-refractivity contribution is 0.0879. The molecular weight excluding hydrogens is 266 g/mol. The molecule has 1 aromatic rings. The number of carbonyl (C=O) groups excluding carboxylic acids is 2. The lowest BCUT2D eigenvalue weighted by atomic mass is 9.76. The number of hydrogen-bond donors (Lipinski definition) is 1. The third-order valence-electron chi connectivity index (χ3n) is 4.34. The summed E-state index contributed by atoms with van der Waals surface area (Å²) in [6.45, 7) is 12.0. The van der Waals surface area contributed by atoms with Gasteiger partial charge in [-0.3, -0.25) is 9.59 Å². The number of nitrogens with one attached hydrogen (secondary N) is 1. The van der Waals surface area contributed by atoms with E-state index in [-0.39, 0.29) is 23.1 Å². The fourth-order valence-electron chi connectivity index (χ4n) is 2.74. The highest BCUT2D eigenvalue weighted by molar-refractivity contribution is 6.03. The van der Waals surface area contributed by atoms with Crippen molar-refractivity contribution in [2.75, 3.05) is 0 Å². The first-order chi connectivity index (χ1) is 9.62. The van der Waals surface area contributed by atoms with Crippen molar-refractivity contribution in [3.63, 3.8) is 0 Å². The number of ketones is 1. The van der Waals surface area contributed by atoms with Gasteiger partial charge >= 0.3 is 0 Å². The van der Waals surface area contributed by atoms with Gasteiger partial charge in [-0.05, 0) is 25.2 Å². The Labute approximate surface area is 126 Å². The smallest absolute Gasteiger partial charge is 0.287 e. The molecule has 0 saturated heterocycles. The van der Waals surface area contributed by atoms with Crippen LogP contribution < -0.4 is 5.32 Å². The summed E-state index contributed by atoms with van der Waals surface area (Å²) in [7, 11) is 0. The van der Waals surface area contributed by atoms with E-state index in [4.69, 9.17) is 4.42 Å². The quantitative estimate of drug-likeness (QED) is 0.927. The first-order valence-corrected chi connectivity index (χ1v) is 7.58. The van der Waals surface area contributed by atoms with Gasteiger partial charge in [-0.25, -0.2) is 0 Å². The molecule has 1 atom stereocenters. The van der Waals surface area contributed by atoms with Gasteiger partial charge in [-0.15, -0.1) is 0 Å². The number of furan rings is 1. The van der Waals surface area contributed by atoms with Crippen LogP contribution in [0.1, 0.15) is 73.3 Å². The molecule has 2 rings (SSSR count). The summed E-state index contributed by atoms with van der Waals surface area (Å²) in [6, 6.07) is 0.0613. The van der Waals surface area contributed by atoms with Crippen molar-refractivity contribution in [2.45, 2.75) is 60.4 Å². The van der Waals surface area contributed by atoms with Gasteiger partial charge in [0, 0.05) is 24.4 Å². The Kier molecular flexibility index (Phi) is 4.00. The van der Waals surface area contributed by atoms with Gasteiger partial charge < -0.3 is 9.73 Å². The molecule has 1 amide bonds. The van der Waals surface area contributed by atoms with Crippen molar-refractivity contribution < 1.29 is 14.0 Å². The zero-order valence-corrected chi connectivity index (χ0v) is 13.8. The zero-order chi connectivity index (χ0) is 15.9. The minimum Gasteiger partial charge on any atom is -0.455 e. The second kappa shape index (κ2) is 5.32. The molecule has 4 heteroatoms. The molecule has 0 aromatic carbocycles. The van der Waals surface area contributed by atoms with Crippen molar-refractivity contribution in [3.05, 3.63) is 22.6 Å². The minimum atomic E-state index is -0.228. The summed E-state index contributed by atoms with van der Waals surface area (Å²) in [6.07, 6.45) is 1.20. The van der Waals surface area contributed by atoms with E-state index < -0.39 is 0 Å². The summed E-state index contributed by atoms with van der Waals surface area (Å²) in [5.74, 6) is 1.15. The zero-order valence-electron chi connectivity index (χ0n) is 13.8. The van der Waals surface area contributed by atoms with Crippen LogP contribution in [0.25, 0.3) is 0 Å². The highest BCUT2D eigenvalue weighted by atomic mass is 16.4. The number of fused-ring (bicyclic) bond motifs is 1. The highest BCUT2D eigenvalue weighted by Gasteiger charge is 2.37. The van der Waals surface area contributed by atoms with Crippen LogP contribution in [0.5, 0.6) is 0 Å². The lowest BCUT2D eigenvalue weighted by Gasteiger charge is -2.27. The summed E-state index contributed by atoms with van der Waals surface area (Å²) in [5.41, 5.74) is 1.20. The predicted molar refractivity (Wildman–Crippen MR) is 81.6 cm³/mol. The second-order valence-electron chi connectivity index (χ2n) is 7.30. The molecular formula is C17H25NO3. The molecule has 1 heterocycles. The molecule has 0 fully saturated rings. The fraction of sp³-hybridized carbons (Fsp3) is 0.647. The van der Waals surface area contributed by atoms with E-state index in [1.807, 2.05) is 20.8 Å². The monoisotopic (exact) mass is 291 g/mol. The minimum absolute atomic E-state index is 0.0613. The van der Waals surface area contributed by atoms with E-state index in [9.17, 15) is 9.59 Å². The van der Waals surface area contributed by atoms with E-state index in [2.05, 4.69) is 19.2 Å². The van der Waals surface area contributed by atoms with Crippen molar-refractivity contribution >= 4 is 11.7 Å². The molecule has 1 N–H and O–H groups in total. The van der Waals surface area contributed by atoms with Gasteiger partial charge in [0.1, 0.15) is 5.76 Å². The van der Waals surface area contributed by atoms with Crippen LogP contribution in [0.3, 0.4) is 0 Å². The van der Waals surface area contributed by atoms with E-state index in [1.165, 1.54) is 0 Å². The average molecular weight is 291 g/mol. The Morgan fingerprint density at radius 3 is 2.43 bits per heavy atom. The molecule has 0 bridgehead atoms. The highest BCUT2D eigenvalue weighted by Crippen LogP contribution is 2.38. The summed E-state index contributed by atoms with van der Waals surface area (Å²) >= 11 is 0. The average Bonchev–Trinajstić information content (AvgIpc) is 2.64. The molecule has 4 nitrogen and oxygen atoms in total. The predicted octanol–water partition coefficient (Wildman–Crippen LogP) is 3.52. The standard InChI is InChI=1S/C17H25NO3/c1-9(2)11(4)18-16(20)15-10(3)14-12(19)7-17(5,6)8-13(14)21-15/h9,11H,7-8H2,1-6H3,(H,18,20). The fourth-order valence-corrected chi connectivity index (χ4v) is 2.74. The number of carbonyl (C=O) groups is 2. The Balaban J connectivity index is 2.32. The summed E-state index contributed by atoms with van der Waals surface area (Å²) in [5, 5.41) is 2.94. The normalized spacial score (nSPS) is 18.5. The maximum Gasteiger partial charge on any atom is 0.287 e. The van der Waals surface area contributed by atoms with Gasteiger partial charge in [-0.1, -0.05) is 27.7 Å². The Hall–Kier alpha value is -1.58. The van der Waals surface area contributed by atoms with Crippen LogP contribution in [0, 0.1) is 18.3 Å². The van der Waals surface area contributed by atoms with Gasteiger partial charge in [-0.2, -0.15) is 0 Å². The second-order valence-corrected chi connectivity index (χ2v) is 7.30. The van der Waals surface area contributed by atoms with Gasteiger partial charge in [0.05, 0.1) is 5.56 Å². The Morgan fingerprint density at radius 1 is 1.24 bits per heavy atom. The number of rotatable bonds is 3. The molecule has 1 aromatic heterocycles. The lowest BCUT2D eigenvalue weighted by Crippen LogP contribution is -2.36. The summed E-state index contributed by atoms with van der Waals surface area (Å²) < 4.78 is 5.75. The molecule has 1 unspecified atom stereocenters. The van der Waals surface area contributed by atoms with Crippen LogP contribution >= 0.6 is 0 Å². The Morgan fingerprint density at radius 2 is 1.86 bits per heavy atom. The topological polar surface area (TPSA) is 59.3 Å². The van der Waals surface area contributed by atoms with E-state index in [0.717, 1.165) is 0 Å². The molecule has 1 aliphatic rings. The van der Waals surface area contributed by atoms with Crippen molar-refractivity contribution in [1.29, 1.82) is 0 Å². The first kappa shape index (κ1) is 15.8. The number of hydrogen-bond acceptors (Lipinski definition) is 3. The van der Waals surface area contributed by atoms with Crippen LogP contribution in [-0.4, -0.2) is 17.7 Å². The number of Topliss-reactive ketones (excluding diaryl/α,β-unsaturated/α-hetero) is 1. The van der Waals surface area contributed by atoms with Crippen molar-refractivity contribution in [2.24, 2.45) is 11.3 Å². The van der Waals surface area contributed by atoms with Crippen molar-refractivity contribution in [1.82, 2.24) is 5.32 Å². The molecule has 0 spiro atoms. The maximum absolute atomic E-state index is 12.4. The van der Waals surface area contributed by atoms with Crippen LogP contribution in [-0.2, 0) is 6.42 Å². The van der Waals surface area contributed by atoms with Gasteiger partial charge in [0.15, 0.2) is 11.5 Å². The molecule has 1 aliphatic carbocycles. The van der Waals surface area contributed by atoms with Gasteiger partial charge in [0.2, 0.25) is 0 Å². The van der Waals surface area contributed by atoms with E-state index >= 15 is 0 Å². The van der Waals surface area contributed by atoms with E-state index in [1.54, 1.807) is 6.92 Å². The van der Waals surface area contributed by atoms with Crippen molar-refractivity contribution in [3.8, 4) is 0 Å². The molecule has 21 heavy (non-hydrogen) atoms. The molecule has 0 radical (unpaired) electrons. The summed E-state index contributed by atoms with van der Waals surface area (Å²) in [4.78, 5) is 24.6. The molecule has 116 valence electrons. The SMILES string of the molecule is Cc1c(C(=O)NC(C)C(C)C)oc2c1C(=O)CC(C)(C)C2. The Bertz CT molecular complexity index is 581. The van der Waals surface area contributed by atoms with Crippen LogP contribution in [0.4, 0.5) is 0 Å². The van der Waals surface area contributed by atoms with E-state index in [0.29, 0.717) is 41.4 Å². The third-order valence-corrected chi connectivity index (χ3v) is 4.34. The third kappa shape index (κ3) is 3.04. The maximum atomic E-state index is 12.4. The van der Waals surface area contributed by atoms with Crippen LogP contribution in [0.2, 0.25) is 0 Å². The first-order valence-electron chi connectivity index (χ1n) is 7.58. The largest absolute Gasteiger partial charge is 0.455 e. The van der Waals surface area contributed by atoms with Crippen LogP contribution in [0.15, 0.2) is 4.42 Å². The number of amides is 1.